The van der Waals surface area contributed by atoms with Crippen LogP contribution in [0.1, 0.15) is 67.2 Å². The molecule has 260 valence electrons. The number of hydrogen-bond acceptors (Lipinski definition) is 10. The van der Waals surface area contributed by atoms with Crippen LogP contribution in [0.2, 0.25) is 0 Å². The third-order valence-corrected chi connectivity index (χ3v) is 12.1. The molecule has 5 rings (SSSR count). The Balaban J connectivity index is 1.44. The van der Waals surface area contributed by atoms with Crippen LogP contribution in [0.4, 0.5) is 0 Å². The zero-order valence-corrected chi connectivity index (χ0v) is 28.4. The molecule has 0 amide bonds. The summed E-state index contributed by atoms with van der Waals surface area (Å²) in [5.74, 6) is -2.21. The number of aliphatic hydroxyl groups is 2. The van der Waals surface area contributed by atoms with Crippen molar-refractivity contribution in [3.63, 3.8) is 0 Å². The number of aliphatic hydroxyl groups excluding tert-OH is 2. The molecule has 0 aromatic carbocycles. The largest absolute Gasteiger partial charge is 0.481 e. The fourth-order valence-corrected chi connectivity index (χ4v) is 10.2. The van der Waals surface area contributed by atoms with E-state index in [1.165, 1.54) is 27.0 Å². The number of fused-ring (bicyclic) bond motifs is 2. The second-order valence-electron chi connectivity index (χ2n) is 14.9. The number of rotatable bonds is 12. The molecule has 11 nitrogen and oxygen atoms in total. The van der Waals surface area contributed by atoms with Crippen LogP contribution in [0.5, 0.6) is 0 Å². The number of aliphatic carboxylic acids is 1. The molecule has 1 heterocycles. The SMILES string of the molecule is CO[C@H]1[C@@H](OC(=O)/C(C)=C/C(=O)/C=C/C(C)O)[C@H](O)[C@H](OC[C@@]23CC4C(CC[C@H]4C)[C@@]4(C=O)CC2C=C(C(C)C)[C@@]34C(=O)O)O[C@@H]1C. The molecule has 0 spiro atoms. The highest BCUT2D eigenvalue weighted by Gasteiger charge is 2.84. The third-order valence-electron chi connectivity index (χ3n) is 12.1. The van der Waals surface area contributed by atoms with E-state index in [4.69, 9.17) is 18.9 Å². The van der Waals surface area contributed by atoms with E-state index in [1.807, 2.05) is 13.8 Å². The van der Waals surface area contributed by atoms with Gasteiger partial charge in [-0.05, 0) is 81.8 Å². The average Bonchev–Trinajstić information content (AvgIpc) is 3.58. The maximum absolute atomic E-state index is 13.7. The van der Waals surface area contributed by atoms with Crippen LogP contribution in [0.3, 0.4) is 0 Å². The lowest BCUT2D eigenvalue weighted by molar-refractivity contribution is -0.308. The van der Waals surface area contributed by atoms with Crippen molar-refractivity contribution in [2.24, 2.45) is 45.8 Å². The highest BCUT2D eigenvalue weighted by molar-refractivity contribution is 6.04. The summed E-state index contributed by atoms with van der Waals surface area (Å²) in [6.45, 7) is 10.6. The Hall–Kier alpha value is -2.70. The number of allylic oxidation sites excluding steroid dienone is 3. The molecular weight excluding hydrogens is 608 g/mol. The fourth-order valence-electron chi connectivity index (χ4n) is 10.2. The topological polar surface area (TPSA) is 166 Å². The van der Waals surface area contributed by atoms with Gasteiger partial charge in [0.25, 0.3) is 0 Å². The molecule has 1 aliphatic heterocycles. The number of ketones is 1. The predicted octanol–water partition coefficient (Wildman–Crippen LogP) is 3.41. The molecule has 5 aliphatic rings. The third kappa shape index (κ3) is 5.28. The monoisotopic (exact) mass is 658 g/mol. The number of carbonyl (C=O) groups excluding carboxylic acids is 3. The molecular formula is C36H50O11. The van der Waals surface area contributed by atoms with Crippen LogP contribution in [-0.2, 0) is 38.1 Å². The normalized spacial score (nSPS) is 43.1. The maximum Gasteiger partial charge on any atom is 0.334 e. The first kappa shape index (κ1) is 35.6. The lowest BCUT2D eigenvalue weighted by Gasteiger charge is -2.58. The lowest BCUT2D eigenvalue weighted by Crippen LogP contribution is -2.64. The van der Waals surface area contributed by atoms with E-state index < -0.39 is 70.8 Å². The molecule has 0 aromatic rings. The second-order valence-corrected chi connectivity index (χ2v) is 14.9. The van der Waals surface area contributed by atoms with Gasteiger partial charge in [0.2, 0.25) is 0 Å². The minimum Gasteiger partial charge on any atom is -0.481 e. The van der Waals surface area contributed by atoms with Gasteiger partial charge in [-0.25, -0.2) is 4.79 Å². The summed E-state index contributed by atoms with van der Waals surface area (Å²) >= 11 is 0. The van der Waals surface area contributed by atoms with Crippen molar-refractivity contribution in [3.05, 3.63) is 35.5 Å². The summed E-state index contributed by atoms with van der Waals surface area (Å²) in [5, 5.41) is 32.1. The van der Waals surface area contributed by atoms with E-state index in [0.29, 0.717) is 18.8 Å². The Morgan fingerprint density at radius 2 is 1.83 bits per heavy atom. The van der Waals surface area contributed by atoms with Crippen LogP contribution in [0, 0.1) is 45.8 Å². The van der Waals surface area contributed by atoms with Gasteiger partial charge in [-0.2, -0.15) is 0 Å². The van der Waals surface area contributed by atoms with Crippen LogP contribution in [0.15, 0.2) is 35.5 Å². The molecule has 0 radical (unpaired) electrons. The van der Waals surface area contributed by atoms with Gasteiger partial charge in [0, 0.05) is 18.1 Å². The van der Waals surface area contributed by atoms with Crippen molar-refractivity contribution in [1.82, 2.24) is 0 Å². The van der Waals surface area contributed by atoms with Crippen molar-refractivity contribution < 1.29 is 53.4 Å². The first-order valence-electron chi connectivity index (χ1n) is 16.8. The van der Waals surface area contributed by atoms with Gasteiger partial charge >= 0.3 is 11.9 Å². The van der Waals surface area contributed by atoms with E-state index >= 15 is 0 Å². The van der Waals surface area contributed by atoms with E-state index in [2.05, 4.69) is 13.0 Å². The smallest absolute Gasteiger partial charge is 0.334 e. The molecule has 4 unspecified atom stereocenters. The van der Waals surface area contributed by atoms with Gasteiger partial charge in [0.1, 0.15) is 23.9 Å². The van der Waals surface area contributed by atoms with Crippen molar-refractivity contribution in [1.29, 1.82) is 0 Å². The number of aldehydes is 1. The number of carboxylic acid groups (broad SMARTS) is 1. The molecule has 4 bridgehead atoms. The first-order valence-corrected chi connectivity index (χ1v) is 16.8. The molecule has 4 aliphatic carbocycles. The molecule has 3 saturated carbocycles. The van der Waals surface area contributed by atoms with Gasteiger partial charge in [-0.3, -0.25) is 9.59 Å². The minimum absolute atomic E-state index is 0.0198. The fraction of sp³-hybridized carbons (Fsp3) is 0.722. The Kier molecular flexibility index (Phi) is 9.82. The molecule has 47 heavy (non-hydrogen) atoms. The Morgan fingerprint density at radius 3 is 2.43 bits per heavy atom. The molecule has 0 aromatic heterocycles. The van der Waals surface area contributed by atoms with E-state index in [0.717, 1.165) is 36.9 Å². The zero-order chi connectivity index (χ0) is 34.6. The number of methoxy groups -OCH3 is 1. The summed E-state index contributed by atoms with van der Waals surface area (Å²) in [7, 11) is 1.40. The van der Waals surface area contributed by atoms with Crippen molar-refractivity contribution >= 4 is 24.0 Å². The number of ether oxygens (including phenoxy) is 4. The van der Waals surface area contributed by atoms with Crippen molar-refractivity contribution in [2.75, 3.05) is 13.7 Å². The number of carbonyl (C=O) groups is 4. The Morgan fingerprint density at radius 1 is 1.13 bits per heavy atom. The van der Waals surface area contributed by atoms with E-state index in [9.17, 15) is 34.5 Å². The van der Waals surface area contributed by atoms with Crippen molar-refractivity contribution in [2.45, 2.75) is 104 Å². The quantitative estimate of drug-likeness (QED) is 0.122. The first-order chi connectivity index (χ1) is 22.1. The standard InChI is InChI=1S/C36H50O11/c1-18(2)27-13-23-14-34(16-37)26-11-8-19(3)25(26)15-35(23,36(27,34)33(42)43)17-45-32-28(40)30(29(44-7)22(6)46-32)47-31(41)20(4)12-24(39)10-9-21(5)38/h9-10,12-13,16,18-19,21-23,25-26,28-30,32,38,40H,8,11,14-15,17H2,1-7H3,(H,42,43)/b10-9+,20-12+/t19-,21?,22-,23?,25?,26?,28+,29-,30+,32-,34+,35+,36+/m1/s1. The molecule has 1 saturated heterocycles. The highest BCUT2D eigenvalue weighted by Crippen LogP contribution is 2.82. The van der Waals surface area contributed by atoms with Gasteiger partial charge in [0.05, 0.1) is 24.2 Å². The molecule has 13 atom stereocenters. The van der Waals surface area contributed by atoms with Crippen LogP contribution >= 0.6 is 0 Å². The van der Waals surface area contributed by atoms with Gasteiger partial charge < -0.3 is 39.1 Å². The predicted molar refractivity (Wildman–Crippen MR) is 169 cm³/mol. The number of esters is 1. The number of carboxylic acids is 1. The van der Waals surface area contributed by atoms with Crippen LogP contribution in [0.25, 0.3) is 0 Å². The molecule has 4 fully saturated rings. The summed E-state index contributed by atoms with van der Waals surface area (Å²) in [6, 6.07) is 0. The maximum atomic E-state index is 13.7. The zero-order valence-electron chi connectivity index (χ0n) is 28.4. The van der Waals surface area contributed by atoms with Gasteiger partial charge in [-0.15, -0.1) is 0 Å². The summed E-state index contributed by atoms with van der Waals surface area (Å²) in [4.78, 5) is 52.3. The second kappa shape index (κ2) is 13.0. The summed E-state index contributed by atoms with van der Waals surface area (Å²) in [6.07, 6.45) is 2.89. The van der Waals surface area contributed by atoms with E-state index in [-0.39, 0.29) is 35.9 Å². The summed E-state index contributed by atoms with van der Waals surface area (Å²) < 4.78 is 23.8. The lowest BCUT2D eigenvalue weighted by atomic mass is 9.43. The Labute approximate surface area is 276 Å². The van der Waals surface area contributed by atoms with Gasteiger partial charge in [-0.1, -0.05) is 44.9 Å². The van der Waals surface area contributed by atoms with Gasteiger partial charge in [0.15, 0.2) is 18.2 Å². The minimum atomic E-state index is -1.51. The van der Waals surface area contributed by atoms with Crippen LogP contribution < -0.4 is 0 Å². The number of hydrogen-bond donors (Lipinski definition) is 3. The molecule has 3 N–H and O–H groups in total. The molecule has 11 heteroatoms. The highest BCUT2D eigenvalue weighted by atomic mass is 16.7. The summed E-state index contributed by atoms with van der Waals surface area (Å²) in [5.41, 5.74) is -2.68. The van der Waals surface area contributed by atoms with Crippen LogP contribution in [-0.4, -0.2) is 89.9 Å². The van der Waals surface area contributed by atoms with E-state index in [1.54, 1.807) is 6.92 Å². The Bertz CT molecular complexity index is 1360. The van der Waals surface area contributed by atoms with Crippen molar-refractivity contribution in [3.8, 4) is 0 Å². The average molecular weight is 659 g/mol.